The predicted molar refractivity (Wildman–Crippen MR) is 71.8 cm³/mol. The largest absolute Gasteiger partial charge is 0.348 e. The van der Waals surface area contributed by atoms with E-state index in [1.807, 2.05) is 0 Å². The quantitative estimate of drug-likeness (QED) is 0.843. The molecule has 7 heteroatoms. The van der Waals surface area contributed by atoms with Crippen LogP contribution in [0.1, 0.15) is 0 Å². The maximum atomic E-state index is 13.2. The Kier molecular flexibility index (Phi) is 3.44. The van der Waals surface area contributed by atoms with Crippen LogP contribution in [0.4, 0.5) is 4.39 Å². The molecule has 1 aromatic carbocycles. The van der Waals surface area contributed by atoms with E-state index in [1.165, 1.54) is 23.2 Å². The third kappa shape index (κ3) is 2.39. The summed E-state index contributed by atoms with van der Waals surface area (Å²) in [5.74, 6) is -0.490. The van der Waals surface area contributed by atoms with E-state index < -0.39 is 17.1 Å². The molecule has 0 aliphatic rings. The van der Waals surface area contributed by atoms with E-state index >= 15 is 0 Å². The van der Waals surface area contributed by atoms with Crippen LogP contribution in [0, 0.1) is 5.82 Å². The molecule has 0 atom stereocenters. The Morgan fingerprint density at radius 1 is 1.32 bits per heavy atom. The maximum absolute atomic E-state index is 13.2. The van der Waals surface area contributed by atoms with Gasteiger partial charge in [-0.1, -0.05) is 23.7 Å². The van der Waals surface area contributed by atoms with Crippen LogP contribution in [0.25, 0.3) is 11.1 Å². The highest BCUT2D eigenvalue weighted by molar-refractivity contribution is 6.32. The molecule has 19 heavy (non-hydrogen) atoms. The summed E-state index contributed by atoms with van der Waals surface area (Å²) in [6.07, 6.45) is 0. The molecule has 0 unspecified atom stereocenters. The van der Waals surface area contributed by atoms with Crippen molar-refractivity contribution in [2.24, 2.45) is 0 Å². The van der Waals surface area contributed by atoms with Crippen LogP contribution in [0.3, 0.4) is 0 Å². The number of hydrogen-bond donors (Lipinski definition) is 1. The molecule has 2 aromatic rings. The number of aromatic nitrogens is 2. The first kappa shape index (κ1) is 13.4. The topological polar surface area (TPSA) is 58.1 Å². The van der Waals surface area contributed by atoms with Gasteiger partial charge in [0.2, 0.25) is 0 Å². The molecule has 0 saturated heterocycles. The van der Waals surface area contributed by atoms with Gasteiger partial charge in [0.15, 0.2) is 0 Å². The summed E-state index contributed by atoms with van der Waals surface area (Å²) in [5.41, 5.74) is -0.902. The van der Waals surface area contributed by atoms with E-state index in [4.69, 9.17) is 11.6 Å². The van der Waals surface area contributed by atoms with Crippen molar-refractivity contribution in [3.63, 3.8) is 0 Å². The van der Waals surface area contributed by atoms with E-state index in [9.17, 15) is 14.0 Å². The summed E-state index contributed by atoms with van der Waals surface area (Å²) >= 11 is 5.89. The van der Waals surface area contributed by atoms with Crippen LogP contribution in [0.5, 0.6) is 0 Å². The smallest absolute Gasteiger partial charge is 0.312 e. The molecule has 0 radical (unpaired) electrons. The van der Waals surface area contributed by atoms with Gasteiger partial charge in [-0.05, 0) is 17.7 Å². The van der Waals surface area contributed by atoms with E-state index in [-0.39, 0.29) is 10.7 Å². The number of hydrogen-bond acceptors (Lipinski definition) is 3. The van der Waals surface area contributed by atoms with Gasteiger partial charge in [-0.2, -0.15) is 4.68 Å². The molecule has 0 fully saturated rings. The normalized spacial score (nSPS) is 10.5. The van der Waals surface area contributed by atoms with Crippen molar-refractivity contribution in [3.8, 4) is 11.1 Å². The van der Waals surface area contributed by atoms with Gasteiger partial charge in [0.05, 0.1) is 5.56 Å². The minimum Gasteiger partial charge on any atom is -0.312 e. The van der Waals surface area contributed by atoms with Gasteiger partial charge < -0.3 is 5.01 Å². The highest BCUT2D eigenvalue weighted by Crippen LogP contribution is 2.21. The van der Waals surface area contributed by atoms with E-state index in [2.05, 4.69) is 4.98 Å². The van der Waals surface area contributed by atoms with Crippen molar-refractivity contribution in [3.05, 3.63) is 56.1 Å². The summed E-state index contributed by atoms with van der Waals surface area (Å²) in [5, 5.41) is 1.21. The van der Waals surface area contributed by atoms with E-state index in [1.54, 1.807) is 20.2 Å². The summed E-state index contributed by atoms with van der Waals surface area (Å²) in [4.78, 5) is 26.3. The summed E-state index contributed by atoms with van der Waals surface area (Å²) in [7, 11) is 3.08. The zero-order chi connectivity index (χ0) is 14.2. The van der Waals surface area contributed by atoms with Crippen LogP contribution in [0.15, 0.2) is 33.9 Å². The molecule has 0 spiro atoms. The Morgan fingerprint density at radius 3 is 2.58 bits per heavy atom. The van der Waals surface area contributed by atoms with Gasteiger partial charge in [-0.15, -0.1) is 0 Å². The number of aromatic amines is 1. The van der Waals surface area contributed by atoms with Crippen molar-refractivity contribution in [1.82, 2.24) is 9.66 Å². The zero-order valence-corrected chi connectivity index (χ0v) is 11.0. The lowest BCUT2D eigenvalue weighted by Gasteiger charge is -2.15. The zero-order valence-electron chi connectivity index (χ0n) is 10.3. The lowest BCUT2D eigenvalue weighted by molar-refractivity contribution is 0.628. The Morgan fingerprint density at radius 2 is 2.00 bits per heavy atom. The van der Waals surface area contributed by atoms with Gasteiger partial charge in [0.1, 0.15) is 11.0 Å². The highest BCUT2D eigenvalue weighted by atomic mass is 35.5. The fraction of sp³-hybridized carbons (Fsp3) is 0.167. The second-order valence-corrected chi connectivity index (χ2v) is 4.47. The number of H-pyrrole nitrogens is 1. The summed E-state index contributed by atoms with van der Waals surface area (Å²) in [6.45, 7) is 0. The van der Waals surface area contributed by atoms with Gasteiger partial charge in [0, 0.05) is 14.1 Å². The fourth-order valence-corrected chi connectivity index (χ4v) is 2.03. The minimum atomic E-state index is -0.653. The first-order valence-corrected chi connectivity index (χ1v) is 5.78. The summed E-state index contributed by atoms with van der Waals surface area (Å²) in [6, 6.07) is 5.45. The Balaban J connectivity index is 2.82. The Hall–Kier alpha value is -2.08. The summed E-state index contributed by atoms with van der Waals surface area (Å²) < 4.78 is 14.1. The first-order valence-electron chi connectivity index (χ1n) is 5.40. The van der Waals surface area contributed by atoms with Gasteiger partial charge >= 0.3 is 5.69 Å². The molecule has 1 heterocycles. The second-order valence-electron chi connectivity index (χ2n) is 4.09. The van der Waals surface area contributed by atoms with Crippen LogP contribution in [-0.4, -0.2) is 23.8 Å². The average Bonchev–Trinajstić information content (AvgIpc) is 2.27. The average molecular weight is 284 g/mol. The SMILES string of the molecule is CN(C)n1c(=O)[nH]c(Cl)c(-c2cccc(F)c2)c1=O. The number of rotatable bonds is 2. The molecule has 1 aromatic heterocycles. The molecule has 0 bridgehead atoms. The van der Waals surface area contributed by atoms with E-state index in [0.717, 1.165) is 4.68 Å². The van der Waals surface area contributed by atoms with Crippen molar-refractivity contribution in [1.29, 1.82) is 0 Å². The number of nitrogens with zero attached hydrogens (tertiary/aromatic N) is 2. The highest BCUT2D eigenvalue weighted by Gasteiger charge is 2.16. The Bertz CT molecular complexity index is 736. The molecule has 0 aliphatic heterocycles. The molecule has 2 rings (SSSR count). The molecule has 0 saturated carbocycles. The lowest BCUT2D eigenvalue weighted by atomic mass is 10.1. The van der Waals surface area contributed by atoms with Crippen LogP contribution < -0.4 is 16.3 Å². The van der Waals surface area contributed by atoms with Crippen LogP contribution in [-0.2, 0) is 0 Å². The lowest BCUT2D eigenvalue weighted by Crippen LogP contribution is -2.47. The molecule has 0 amide bonds. The second kappa shape index (κ2) is 4.89. The van der Waals surface area contributed by atoms with Crippen LogP contribution >= 0.6 is 11.6 Å². The van der Waals surface area contributed by atoms with Gasteiger partial charge in [0.25, 0.3) is 5.56 Å². The third-order valence-electron chi connectivity index (χ3n) is 2.55. The fourth-order valence-electron chi connectivity index (χ4n) is 1.76. The van der Waals surface area contributed by atoms with Crippen molar-refractivity contribution in [2.75, 3.05) is 19.1 Å². The van der Waals surface area contributed by atoms with Gasteiger partial charge in [-0.3, -0.25) is 9.78 Å². The monoisotopic (exact) mass is 283 g/mol. The number of nitrogens with one attached hydrogen (secondary N) is 1. The molecular weight excluding hydrogens is 273 g/mol. The third-order valence-corrected chi connectivity index (χ3v) is 2.83. The van der Waals surface area contributed by atoms with Crippen LogP contribution in [0.2, 0.25) is 5.15 Å². The van der Waals surface area contributed by atoms with E-state index in [0.29, 0.717) is 5.56 Å². The minimum absolute atomic E-state index is 0.0504. The maximum Gasteiger partial charge on any atom is 0.348 e. The van der Waals surface area contributed by atoms with Gasteiger partial charge in [-0.25, -0.2) is 9.18 Å². The number of halogens is 2. The standard InChI is InChI=1S/C12H11ClFN3O2/c1-16(2)17-11(18)9(10(13)15-12(17)19)7-4-3-5-8(14)6-7/h3-6H,1-2H3,(H,15,19). The first-order chi connectivity index (χ1) is 8.91. The Labute approximate surface area is 112 Å². The van der Waals surface area contributed by atoms with Crippen molar-refractivity contribution < 1.29 is 4.39 Å². The molecule has 0 aliphatic carbocycles. The molecule has 5 nitrogen and oxygen atoms in total. The molecular formula is C12H11ClFN3O2. The molecule has 1 N–H and O–H groups in total. The molecule has 100 valence electrons. The van der Waals surface area contributed by atoms with Crippen molar-refractivity contribution in [2.45, 2.75) is 0 Å². The number of benzene rings is 1. The predicted octanol–water partition coefficient (Wildman–Crippen LogP) is 1.19. The van der Waals surface area contributed by atoms with Crippen molar-refractivity contribution >= 4 is 11.6 Å².